The molecule has 202 valence electrons. The van der Waals surface area contributed by atoms with Crippen molar-refractivity contribution < 1.29 is 23.2 Å². The number of carbonyl (C=O) groups excluding carboxylic acids is 3. The number of carbonyl (C=O) groups is 3. The third-order valence-electron chi connectivity index (χ3n) is 7.79. The summed E-state index contributed by atoms with van der Waals surface area (Å²) in [7, 11) is 0. The van der Waals surface area contributed by atoms with E-state index in [0.717, 1.165) is 11.8 Å². The molecule has 1 aromatic carbocycles. The van der Waals surface area contributed by atoms with Gasteiger partial charge in [0.1, 0.15) is 17.5 Å². The van der Waals surface area contributed by atoms with Gasteiger partial charge in [-0.1, -0.05) is 6.07 Å². The highest BCUT2D eigenvalue weighted by molar-refractivity contribution is 6.01. The standard InChI is InChI=1S/C16H17F2N3O3.C12H16N2/c1-8(22)19-9-6-21(7-9)10-4-12(17)15(13(18)5-10)11-2-3-14(23)20-16(11)24;1-9-3-2-6-13-12(9)14-7-11(8-14)10-4-5-10/h4-5,9,11H,2-3,6-7H2,1H3,(H,19,22)(H,20,23,24);2-3,6,10-11H,4-5,7-8H2,1H3. The topological polar surface area (TPSA) is 94.6 Å². The second kappa shape index (κ2) is 10.7. The molecule has 2 aromatic rings. The fraction of sp³-hybridized carbons (Fsp3) is 0.500. The number of nitrogens with one attached hydrogen (secondary N) is 2. The van der Waals surface area contributed by atoms with Gasteiger partial charge in [0.2, 0.25) is 17.7 Å². The van der Waals surface area contributed by atoms with Crippen molar-refractivity contribution in [1.29, 1.82) is 0 Å². The van der Waals surface area contributed by atoms with Crippen LogP contribution in [0.4, 0.5) is 20.3 Å². The predicted octanol–water partition coefficient (Wildman–Crippen LogP) is 3.05. The maximum absolute atomic E-state index is 14.4. The molecular formula is C28H33F2N5O3. The van der Waals surface area contributed by atoms with Crippen LogP contribution in [-0.2, 0) is 14.4 Å². The molecule has 0 radical (unpaired) electrons. The summed E-state index contributed by atoms with van der Waals surface area (Å²) in [6.45, 7) is 6.97. The molecule has 10 heteroatoms. The lowest BCUT2D eigenvalue weighted by molar-refractivity contribution is -0.134. The molecule has 1 unspecified atom stereocenters. The van der Waals surface area contributed by atoms with E-state index < -0.39 is 29.4 Å². The fourth-order valence-electron chi connectivity index (χ4n) is 5.48. The number of pyridine rings is 1. The molecule has 4 fully saturated rings. The number of imide groups is 1. The number of nitrogens with zero attached hydrogens (tertiary/aromatic N) is 3. The van der Waals surface area contributed by atoms with Crippen molar-refractivity contribution in [3.8, 4) is 0 Å². The second-order valence-corrected chi connectivity index (χ2v) is 10.8. The van der Waals surface area contributed by atoms with Gasteiger partial charge in [0, 0.05) is 57.0 Å². The number of amides is 3. The molecule has 38 heavy (non-hydrogen) atoms. The van der Waals surface area contributed by atoms with E-state index in [9.17, 15) is 23.2 Å². The number of anilines is 2. The molecule has 8 nitrogen and oxygen atoms in total. The molecule has 0 spiro atoms. The maximum Gasteiger partial charge on any atom is 0.234 e. The van der Waals surface area contributed by atoms with Gasteiger partial charge in [0.05, 0.1) is 12.0 Å². The number of benzene rings is 1. The summed E-state index contributed by atoms with van der Waals surface area (Å²) in [5, 5.41) is 4.83. The van der Waals surface area contributed by atoms with Crippen molar-refractivity contribution in [3.05, 3.63) is 53.2 Å². The van der Waals surface area contributed by atoms with Gasteiger partial charge < -0.3 is 15.1 Å². The van der Waals surface area contributed by atoms with Crippen LogP contribution >= 0.6 is 0 Å². The maximum atomic E-state index is 14.4. The van der Waals surface area contributed by atoms with E-state index in [4.69, 9.17) is 0 Å². The van der Waals surface area contributed by atoms with Gasteiger partial charge in [-0.05, 0) is 61.8 Å². The molecular weight excluding hydrogens is 492 g/mol. The number of halogens is 2. The van der Waals surface area contributed by atoms with Gasteiger partial charge in [-0.15, -0.1) is 0 Å². The van der Waals surface area contributed by atoms with Crippen molar-refractivity contribution in [3.63, 3.8) is 0 Å². The van der Waals surface area contributed by atoms with Crippen LogP contribution in [0.25, 0.3) is 0 Å². The van der Waals surface area contributed by atoms with E-state index >= 15 is 0 Å². The van der Waals surface area contributed by atoms with Crippen molar-refractivity contribution in [2.45, 2.75) is 51.5 Å². The molecule has 1 aliphatic carbocycles. The first-order chi connectivity index (χ1) is 18.2. The Morgan fingerprint density at radius 1 is 1.03 bits per heavy atom. The zero-order valence-corrected chi connectivity index (χ0v) is 21.7. The Labute approximate surface area is 220 Å². The van der Waals surface area contributed by atoms with Crippen LogP contribution in [0.15, 0.2) is 30.5 Å². The smallest absolute Gasteiger partial charge is 0.234 e. The first-order valence-corrected chi connectivity index (χ1v) is 13.2. The van der Waals surface area contributed by atoms with Gasteiger partial charge in [0.15, 0.2) is 0 Å². The summed E-state index contributed by atoms with van der Waals surface area (Å²) in [6, 6.07) is 6.49. The molecule has 0 bridgehead atoms. The number of piperidine rings is 1. The van der Waals surface area contributed by atoms with Gasteiger partial charge in [-0.3, -0.25) is 19.7 Å². The molecule has 1 saturated carbocycles. The summed E-state index contributed by atoms with van der Waals surface area (Å²) >= 11 is 0. The first-order valence-electron chi connectivity index (χ1n) is 13.2. The Kier molecular flexibility index (Phi) is 7.32. The van der Waals surface area contributed by atoms with E-state index in [0.29, 0.717) is 18.8 Å². The lowest BCUT2D eigenvalue weighted by Crippen LogP contribution is -2.59. The zero-order chi connectivity index (χ0) is 27.0. The lowest BCUT2D eigenvalue weighted by atomic mass is 9.89. The van der Waals surface area contributed by atoms with E-state index in [1.54, 1.807) is 4.90 Å². The molecule has 2 N–H and O–H groups in total. The largest absolute Gasteiger partial charge is 0.367 e. The van der Waals surface area contributed by atoms with E-state index in [1.807, 2.05) is 12.3 Å². The summed E-state index contributed by atoms with van der Waals surface area (Å²) in [5.41, 5.74) is 1.37. The Morgan fingerprint density at radius 2 is 1.71 bits per heavy atom. The van der Waals surface area contributed by atoms with Crippen molar-refractivity contribution >= 4 is 29.2 Å². The first kappa shape index (κ1) is 26.1. The van der Waals surface area contributed by atoms with Gasteiger partial charge in [-0.25, -0.2) is 13.8 Å². The number of rotatable bonds is 5. The summed E-state index contributed by atoms with van der Waals surface area (Å²) in [4.78, 5) is 42.5. The number of aromatic nitrogens is 1. The third-order valence-corrected chi connectivity index (χ3v) is 7.79. The fourth-order valence-corrected chi connectivity index (χ4v) is 5.48. The highest BCUT2D eigenvalue weighted by atomic mass is 19.1. The third kappa shape index (κ3) is 5.63. The van der Waals surface area contributed by atoms with Crippen LogP contribution in [0.2, 0.25) is 0 Å². The lowest BCUT2D eigenvalue weighted by Gasteiger charge is -2.41. The van der Waals surface area contributed by atoms with Crippen molar-refractivity contribution in [2.75, 3.05) is 36.0 Å². The molecule has 3 aliphatic heterocycles. The van der Waals surface area contributed by atoms with E-state index in [-0.39, 0.29) is 30.4 Å². The van der Waals surface area contributed by atoms with Crippen LogP contribution in [-0.4, -0.2) is 54.9 Å². The summed E-state index contributed by atoms with van der Waals surface area (Å²) < 4.78 is 28.8. The molecule has 6 rings (SSSR count). The SMILES string of the molecule is CC(=O)NC1CN(c2cc(F)c(C3CCC(=O)NC3=O)c(F)c2)C1.Cc1cccnc1N1CC(C2CC2)C1. The minimum atomic E-state index is -1.000. The highest BCUT2D eigenvalue weighted by Crippen LogP contribution is 2.42. The second-order valence-electron chi connectivity index (χ2n) is 10.8. The van der Waals surface area contributed by atoms with Crippen LogP contribution in [0.1, 0.15) is 49.7 Å². The highest BCUT2D eigenvalue weighted by Gasteiger charge is 2.40. The Bertz CT molecular complexity index is 1220. The Morgan fingerprint density at radius 3 is 2.29 bits per heavy atom. The quantitative estimate of drug-likeness (QED) is 0.583. The normalized spacial score (nSPS) is 21.6. The van der Waals surface area contributed by atoms with Gasteiger partial charge in [0.25, 0.3) is 0 Å². The zero-order valence-electron chi connectivity index (χ0n) is 21.7. The van der Waals surface area contributed by atoms with E-state index in [1.165, 1.54) is 56.4 Å². The average Bonchev–Trinajstić information content (AvgIpc) is 3.62. The number of aryl methyl sites for hydroxylation is 1. The van der Waals surface area contributed by atoms with Gasteiger partial charge in [-0.2, -0.15) is 0 Å². The van der Waals surface area contributed by atoms with Crippen LogP contribution < -0.4 is 20.4 Å². The molecule has 1 atom stereocenters. The monoisotopic (exact) mass is 525 g/mol. The van der Waals surface area contributed by atoms with Crippen LogP contribution in [0.5, 0.6) is 0 Å². The minimum Gasteiger partial charge on any atom is -0.367 e. The molecule has 1 aromatic heterocycles. The Hall–Kier alpha value is -3.56. The summed E-state index contributed by atoms with van der Waals surface area (Å²) in [6.07, 6.45) is 4.99. The molecule has 4 aliphatic rings. The van der Waals surface area contributed by atoms with Crippen molar-refractivity contribution in [1.82, 2.24) is 15.6 Å². The minimum absolute atomic E-state index is 0.0385. The summed E-state index contributed by atoms with van der Waals surface area (Å²) in [5.74, 6) is -0.642. The number of hydrogen-bond donors (Lipinski definition) is 2. The molecule has 4 heterocycles. The molecule has 3 saturated heterocycles. The Balaban J connectivity index is 0.000000177. The van der Waals surface area contributed by atoms with E-state index in [2.05, 4.69) is 33.5 Å². The molecule has 3 amide bonds. The number of hydrogen-bond acceptors (Lipinski definition) is 6. The van der Waals surface area contributed by atoms with Crippen LogP contribution in [0.3, 0.4) is 0 Å². The van der Waals surface area contributed by atoms with Crippen LogP contribution in [0, 0.1) is 30.4 Å². The van der Waals surface area contributed by atoms with Crippen molar-refractivity contribution in [2.24, 2.45) is 11.8 Å². The van der Waals surface area contributed by atoms with Gasteiger partial charge >= 0.3 is 0 Å². The predicted molar refractivity (Wildman–Crippen MR) is 139 cm³/mol. The average molecular weight is 526 g/mol.